The van der Waals surface area contributed by atoms with Crippen molar-refractivity contribution in [2.45, 2.75) is 116 Å². The van der Waals surface area contributed by atoms with Gasteiger partial charge in [0.05, 0.1) is 17.0 Å². The van der Waals surface area contributed by atoms with Crippen molar-refractivity contribution in [1.29, 1.82) is 0 Å². The average Bonchev–Trinajstić information content (AvgIpc) is 3.30. The van der Waals surface area contributed by atoms with Crippen LogP contribution in [0.4, 0.5) is 0 Å². The molecule has 0 radical (unpaired) electrons. The molecule has 1 atom stereocenters. The predicted octanol–water partition coefficient (Wildman–Crippen LogP) is 8.23. The summed E-state index contributed by atoms with van der Waals surface area (Å²) < 4.78 is 2.03. The van der Waals surface area contributed by atoms with E-state index in [0.717, 1.165) is 16.9 Å². The van der Waals surface area contributed by atoms with Crippen LogP contribution in [0, 0.1) is 0 Å². The van der Waals surface area contributed by atoms with E-state index in [4.69, 9.17) is 4.98 Å². The fraction of sp³-hybridized carbons (Fsp3) is 0.692. The molecule has 1 aliphatic heterocycles. The van der Waals surface area contributed by atoms with Crippen LogP contribution in [0.2, 0.25) is 0 Å². The van der Waals surface area contributed by atoms with Crippen LogP contribution in [0.1, 0.15) is 121 Å². The van der Waals surface area contributed by atoms with Gasteiger partial charge in [0.25, 0.3) is 0 Å². The van der Waals surface area contributed by atoms with E-state index in [2.05, 4.69) is 42.5 Å². The Morgan fingerprint density at radius 3 is 1.90 bits per heavy atom. The molecule has 3 rings (SSSR count). The Balaban J connectivity index is 1.15. The number of rotatable bonds is 16. The molecule has 3 nitrogen and oxygen atoms in total. The SMILES string of the molecule is CCCCCCCCCCCCCCCCCC1C=Nn2c1nc1ccccc12. The van der Waals surface area contributed by atoms with Crippen molar-refractivity contribution in [3.63, 3.8) is 0 Å². The van der Waals surface area contributed by atoms with Crippen molar-refractivity contribution in [2.75, 3.05) is 0 Å². The topological polar surface area (TPSA) is 30.2 Å². The molecule has 29 heavy (non-hydrogen) atoms. The summed E-state index contributed by atoms with van der Waals surface area (Å²) in [5, 5.41) is 4.59. The van der Waals surface area contributed by atoms with Gasteiger partial charge in [-0.1, -0.05) is 115 Å². The second kappa shape index (κ2) is 12.8. The molecule has 0 amide bonds. The highest BCUT2D eigenvalue weighted by atomic mass is 15.4. The third-order valence-corrected chi connectivity index (χ3v) is 6.37. The number of hydrogen-bond acceptors (Lipinski definition) is 2. The minimum Gasteiger partial charge on any atom is -0.231 e. The Hall–Kier alpha value is -1.64. The smallest absolute Gasteiger partial charge is 0.139 e. The Kier molecular flexibility index (Phi) is 9.75. The van der Waals surface area contributed by atoms with Gasteiger partial charge in [0.1, 0.15) is 5.82 Å². The average molecular weight is 396 g/mol. The zero-order chi connectivity index (χ0) is 20.2. The zero-order valence-corrected chi connectivity index (χ0v) is 18.6. The number of nitrogens with zero attached hydrogens (tertiary/aromatic N) is 3. The van der Waals surface area contributed by atoms with Crippen molar-refractivity contribution in [3.05, 3.63) is 30.1 Å². The Morgan fingerprint density at radius 2 is 1.28 bits per heavy atom. The van der Waals surface area contributed by atoms with Gasteiger partial charge in [-0.05, 0) is 18.6 Å². The van der Waals surface area contributed by atoms with Gasteiger partial charge in [0, 0.05) is 6.21 Å². The molecule has 0 fully saturated rings. The fourth-order valence-corrected chi connectivity index (χ4v) is 4.55. The minimum atomic E-state index is 0.407. The van der Waals surface area contributed by atoms with Crippen LogP contribution < -0.4 is 0 Å². The van der Waals surface area contributed by atoms with Gasteiger partial charge in [0.15, 0.2) is 0 Å². The summed E-state index contributed by atoms with van der Waals surface area (Å²) in [6.45, 7) is 2.29. The van der Waals surface area contributed by atoms with Gasteiger partial charge in [-0.2, -0.15) is 5.10 Å². The lowest BCUT2D eigenvalue weighted by Gasteiger charge is -2.06. The summed E-state index contributed by atoms with van der Waals surface area (Å²) in [5.74, 6) is 1.54. The lowest BCUT2D eigenvalue weighted by Crippen LogP contribution is -1.99. The molecule has 0 bridgehead atoms. The van der Waals surface area contributed by atoms with Gasteiger partial charge in [-0.3, -0.25) is 0 Å². The molecule has 0 N–H and O–H groups in total. The Labute approximate surface area is 178 Å². The quantitative estimate of drug-likeness (QED) is 0.263. The third kappa shape index (κ3) is 6.97. The first kappa shape index (κ1) is 22.1. The Bertz CT molecular complexity index is 731. The maximum Gasteiger partial charge on any atom is 0.139 e. The van der Waals surface area contributed by atoms with Crippen molar-refractivity contribution < 1.29 is 0 Å². The first-order chi connectivity index (χ1) is 14.4. The molecule has 1 aliphatic rings. The van der Waals surface area contributed by atoms with E-state index in [1.807, 2.05) is 4.68 Å². The summed E-state index contributed by atoms with van der Waals surface area (Å²) in [6.07, 6.45) is 24.6. The van der Waals surface area contributed by atoms with Gasteiger partial charge in [-0.15, -0.1) is 0 Å². The highest BCUT2D eigenvalue weighted by molar-refractivity contribution is 5.80. The molecule has 0 saturated carbocycles. The molecule has 3 heteroatoms. The molecule has 0 saturated heterocycles. The van der Waals surface area contributed by atoms with Crippen LogP contribution >= 0.6 is 0 Å². The second-order valence-electron chi connectivity index (χ2n) is 8.88. The highest BCUT2D eigenvalue weighted by Crippen LogP contribution is 2.29. The lowest BCUT2D eigenvalue weighted by molar-refractivity contribution is 0.527. The van der Waals surface area contributed by atoms with Crippen LogP contribution in [0.5, 0.6) is 0 Å². The summed E-state index contributed by atoms with van der Waals surface area (Å²) >= 11 is 0. The van der Waals surface area contributed by atoms with Crippen LogP contribution in [-0.4, -0.2) is 15.9 Å². The number of fused-ring (bicyclic) bond motifs is 3. The first-order valence-electron chi connectivity index (χ1n) is 12.4. The number of unbranched alkanes of at least 4 members (excludes halogenated alkanes) is 14. The molecular weight excluding hydrogens is 354 g/mol. The maximum absolute atomic E-state index is 4.80. The van der Waals surface area contributed by atoms with E-state index in [9.17, 15) is 0 Å². The highest BCUT2D eigenvalue weighted by Gasteiger charge is 2.22. The molecule has 2 aromatic rings. The fourth-order valence-electron chi connectivity index (χ4n) is 4.55. The number of hydrogen-bond donors (Lipinski definition) is 0. The van der Waals surface area contributed by atoms with E-state index in [-0.39, 0.29) is 0 Å². The van der Waals surface area contributed by atoms with E-state index >= 15 is 0 Å². The van der Waals surface area contributed by atoms with Gasteiger partial charge in [-0.25, -0.2) is 9.66 Å². The molecule has 0 aliphatic carbocycles. The van der Waals surface area contributed by atoms with Crippen LogP contribution in [0.3, 0.4) is 0 Å². The van der Waals surface area contributed by atoms with Crippen molar-refractivity contribution >= 4 is 17.2 Å². The minimum absolute atomic E-state index is 0.407. The zero-order valence-electron chi connectivity index (χ0n) is 18.6. The summed E-state index contributed by atoms with van der Waals surface area (Å²) in [5.41, 5.74) is 2.21. The molecule has 1 aromatic carbocycles. The number of aromatic nitrogens is 2. The monoisotopic (exact) mass is 395 g/mol. The molecule has 160 valence electrons. The van der Waals surface area contributed by atoms with Crippen LogP contribution in [0.15, 0.2) is 29.4 Å². The predicted molar refractivity (Wildman–Crippen MR) is 126 cm³/mol. The van der Waals surface area contributed by atoms with E-state index < -0.39 is 0 Å². The molecule has 1 aromatic heterocycles. The molecular formula is C26H41N3. The second-order valence-corrected chi connectivity index (χ2v) is 8.88. The molecule has 0 spiro atoms. The Morgan fingerprint density at radius 1 is 0.724 bits per heavy atom. The van der Waals surface area contributed by atoms with Gasteiger partial charge < -0.3 is 0 Å². The van der Waals surface area contributed by atoms with Crippen molar-refractivity contribution in [3.8, 4) is 0 Å². The van der Waals surface area contributed by atoms with E-state index in [1.165, 1.54) is 103 Å². The van der Waals surface area contributed by atoms with E-state index in [1.54, 1.807) is 0 Å². The standard InChI is InChI=1S/C26H41N3/c1-2-3-4-5-6-7-8-9-10-11-12-13-14-15-16-19-23-22-27-29-25-21-18-17-20-24(25)28-26(23)29/h17-18,20-23H,2-16,19H2,1H3. The maximum atomic E-state index is 4.80. The van der Waals surface area contributed by atoms with Crippen molar-refractivity contribution in [2.24, 2.45) is 5.10 Å². The van der Waals surface area contributed by atoms with Gasteiger partial charge >= 0.3 is 0 Å². The normalized spacial score (nSPS) is 15.4. The summed E-state index contributed by atoms with van der Waals surface area (Å²) in [4.78, 5) is 4.80. The van der Waals surface area contributed by atoms with E-state index in [0.29, 0.717) is 5.92 Å². The summed E-state index contributed by atoms with van der Waals surface area (Å²) in [6, 6.07) is 8.31. The lowest BCUT2D eigenvalue weighted by atomic mass is 10.0. The van der Waals surface area contributed by atoms with Crippen molar-refractivity contribution in [1.82, 2.24) is 9.66 Å². The summed E-state index contributed by atoms with van der Waals surface area (Å²) in [7, 11) is 0. The number of para-hydroxylation sites is 2. The largest absolute Gasteiger partial charge is 0.231 e. The van der Waals surface area contributed by atoms with Gasteiger partial charge in [0.2, 0.25) is 0 Å². The number of imidazole rings is 1. The van der Waals surface area contributed by atoms with Crippen LogP contribution in [0.25, 0.3) is 11.0 Å². The van der Waals surface area contributed by atoms with Crippen LogP contribution in [-0.2, 0) is 0 Å². The first-order valence-corrected chi connectivity index (χ1v) is 12.4. The third-order valence-electron chi connectivity index (χ3n) is 6.37. The molecule has 1 unspecified atom stereocenters. The molecule has 2 heterocycles. The number of benzene rings is 1.